The van der Waals surface area contributed by atoms with Crippen LogP contribution in [0.25, 0.3) is 33.1 Å². The van der Waals surface area contributed by atoms with E-state index in [1.807, 2.05) is 85.8 Å². The van der Waals surface area contributed by atoms with Crippen molar-refractivity contribution >= 4 is 33.2 Å². The van der Waals surface area contributed by atoms with E-state index in [4.69, 9.17) is 14.2 Å². The molecular formula is C31H25N5O3. The van der Waals surface area contributed by atoms with Crippen LogP contribution in [0.15, 0.2) is 91.3 Å². The second kappa shape index (κ2) is 10.3. The predicted molar refractivity (Wildman–Crippen MR) is 152 cm³/mol. The molecule has 3 heterocycles. The molecule has 192 valence electrons. The van der Waals surface area contributed by atoms with Crippen molar-refractivity contribution in [2.45, 2.75) is 6.92 Å². The molecule has 0 atom stereocenters. The molecule has 0 saturated carbocycles. The highest BCUT2D eigenvalue weighted by Crippen LogP contribution is 2.37. The number of hydrogen-bond acceptors (Lipinski definition) is 8. The van der Waals surface area contributed by atoms with Crippen LogP contribution < -0.4 is 19.5 Å². The lowest BCUT2D eigenvalue weighted by atomic mass is 10.1. The number of aryl methyl sites for hydroxylation is 1. The molecule has 6 aromatic rings. The van der Waals surface area contributed by atoms with Crippen molar-refractivity contribution in [2.24, 2.45) is 0 Å². The third-order valence-electron chi connectivity index (χ3n) is 6.40. The van der Waals surface area contributed by atoms with Gasteiger partial charge in [-0.1, -0.05) is 24.3 Å². The van der Waals surface area contributed by atoms with Gasteiger partial charge in [-0.25, -0.2) is 0 Å². The molecule has 0 unspecified atom stereocenters. The van der Waals surface area contributed by atoms with Crippen LogP contribution >= 0.6 is 0 Å². The standard InChI is InChI=1S/C31H25N5O3/c1-19-12-14-33-26(16-19)30-22-6-4-5-7-23(22)31(36-35-30)34-20-8-10-21(11-9-20)39-27-13-15-32-25-18-29(38-3)28(37-2)17-24(25)27/h4-18H,1-3H3,(H,34,36). The third kappa shape index (κ3) is 4.75. The highest BCUT2D eigenvalue weighted by atomic mass is 16.5. The zero-order chi connectivity index (χ0) is 26.8. The molecule has 0 radical (unpaired) electrons. The number of pyridine rings is 2. The van der Waals surface area contributed by atoms with Crippen molar-refractivity contribution < 1.29 is 14.2 Å². The average Bonchev–Trinajstić information content (AvgIpc) is 2.97. The van der Waals surface area contributed by atoms with Crippen molar-refractivity contribution in [2.75, 3.05) is 19.5 Å². The smallest absolute Gasteiger partial charge is 0.162 e. The first-order chi connectivity index (χ1) is 19.1. The minimum atomic E-state index is 0.611. The van der Waals surface area contributed by atoms with E-state index < -0.39 is 0 Å². The lowest BCUT2D eigenvalue weighted by Crippen LogP contribution is -2.00. The zero-order valence-corrected chi connectivity index (χ0v) is 21.7. The van der Waals surface area contributed by atoms with E-state index in [0.717, 1.165) is 44.3 Å². The minimum absolute atomic E-state index is 0.611. The number of ether oxygens (including phenoxy) is 3. The lowest BCUT2D eigenvalue weighted by molar-refractivity contribution is 0.355. The maximum atomic E-state index is 6.22. The maximum Gasteiger partial charge on any atom is 0.162 e. The van der Waals surface area contributed by atoms with E-state index >= 15 is 0 Å². The van der Waals surface area contributed by atoms with Gasteiger partial charge in [-0.3, -0.25) is 9.97 Å². The van der Waals surface area contributed by atoms with Crippen molar-refractivity contribution in [3.8, 4) is 34.4 Å². The number of aromatic nitrogens is 4. The van der Waals surface area contributed by atoms with Gasteiger partial charge in [0.05, 0.1) is 25.4 Å². The molecular weight excluding hydrogens is 490 g/mol. The first-order valence-electron chi connectivity index (χ1n) is 12.4. The van der Waals surface area contributed by atoms with Gasteiger partial charge in [0, 0.05) is 40.3 Å². The van der Waals surface area contributed by atoms with E-state index in [-0.39, 0.29) is 0 Å². The van der Waals surface area contributed by atoms with E-state index in [0.29, 0.717) is 28.8 Å². The predicted octanol–water partition coefficient (Wildman–Crippen LogP) is 7.10. The Labute approximate surface area is 225 Å². The Morgan fingerprint density at radius 1 is 0.667 bits per heavy atom. The molecule has 3 aromatic carbocycles. The molecule has 8 heteroatoms. The third-order valence-corrected chi connectivity index (χ3v) is 6.40. The molecule has 0 fully saturated rings. The fourth-order valence-corrected chi connectivity index (χ4v) is 4.46. The number of benzene rings is 3. The summed E-state index contributed by atoms with van der Waals surface area (Å²) in [6.45, 7) is 2.04. The lowest BCUT2D eigenvalue weighted by Gasteiger charge is -2.13. The summed E-state index contributed by atoms with van der Waals surface area (Å²) < 4.78 is 17.1. The Morgan fingerprint density at radius 3 is 2.18 bits per heavy atom. The number of hydrogen-bond donors (Lipinski definition) is 1. The number of anilines is 2. The molecule has 39 heavy (non-hydrogen) atoms. The average molecular weight is 516 g/mol. The summed E-state index contributed by atoms with van der Waals surface area (Å²) >= 11 is 0. The summed E-state index contributed by atoms with van der Waals surface area (Å²) in [6, 6.07) is 25.2. The summed E-state index contributed by atoms with van der Waals surface area (Å²) in [5.74, 6) is 3.24. The Hall–Kier alpha value is -5.24. The molecule has 3 aromatic heterocycles. The zero-order valence-electron chi connectivity index (χ0n) is 21.7. The van der Waals surface area contributed by atoms with Crippen molar-refractivity contribution in [3.05, 3.63) is 96.8 Å². The van der Waals surface area contributed by atoms with Crippen LogP contribution in [0, 0.1) is 6.92 Å². The molecule has 0 spiro atoms. The number of rotatable bonds is 7. The Kier molecular flexibility index (Phi) is 6.34. The van der Waals surface area contributed by atoms with Crippen molar-refractivity contribution in [1.29, 1.82) is 0 Å². The quantitative estimate of drug-likeness (QED) is 0.241. The molecule has 1 N–H and O–H groups in total. The summed E-state index contributed by atoms with van der Waals surface area (Å²) in [5, 5.41) is 15.2. The topological polar surface area (TPSA) is 91.3 Å². The monoisotopic (exact) mass is 515 g/mol. The molecule has 0 bridgehead atoms. The van der Waals surface area contributed by atoms with Crippen LogP contribution in [-0.4, -0.2) is 34.4 Å². The van der Waals surface area contributed by atoms with E-state index in [2.05, 4.69) is 25.5 Å². The number of nitrogens with zero attached hydrogens (tertiary/aromatic N) is 4. The Bertz CT molecular complexity index is 1810. The van der Waals surface area contributed by atoms with Gasteiger partial charge in [-0.05, 0) is 61.0 Å². The van der Waals surface area contributed by atoms with Gasteiger partial charge in [0.1, 0.15) is 17.2 Å². The van der Waals surface area contributed by atoms with Gasteiger partial charge in [0.25, 0.3) is 0 Å². The van der Waals surface area contributed by atoms with Crippen molar-refractivity contribution in [1.82, 2.24) is 20.2 Å². The second-order valence-electron chi connectivity index (χ2n) is 8.95. The Morgan fingerprint density at radius 2 is 1.41 bits per heavy atom. The fourth-order valence-electron chi connectivity index (χ4n) is 4.46. The van der Waals surface area contributed by atoms with Crippen LogP contribution in [-0.2, 0) is 0 Å². The fraction of sp³-hybridized carbons (Fsp3) is 0.0968. The first-order valence-corrected chi connectivity index (χ1v) is 12.4. The Balaban J connectivity index is 1.27. The summed E-state index contributed by atoms with van der Waals surface area (Å²) in [7, 11) is 3.20. The number of nitrogens with one attached hydrogen (secondary N) is 1. The maximum absolute atomic E-state index is 6.22. The number of fused-ring (bicyclic) bond motifs is 2. The van der Waals surface area contributed by atoms with Crippen LogP contribution in [0.3, 0.4) is 0 Å². The van der Waals surface area contributed by atoms with Gasteiger partial charge in [0.15, 0.2) is 17.3 Å². The largest absolute Gasteiger partial charge is 0.493 e. The molecule has 8 nitrogen and oxygen atoms in total. The molecule has 0 saturated heterocycles. The number of methoxy groups -OCH3 is 2. The highest BCUT2D eigenvalue weighted by Gasteiger charge is 2.14. The van der Waals surface area contributed by atoms with Gasteiger partial charge in [-0.2, -0.15) is 0 Å². The summed E-state index contributed by atoms with van der Waals surface area (Å²) in [6.07, 6.45) is 3.50. The molecule has 6 rings (SSSR count). The van der Waals surface area contributed by atoms with Crippen LogP contribution in [0.5, 0.6) is 23.0 Å². The van der Waals surface area contributed by atoms with E-state index in [1.54, 1.807) is 26.6 Å². The van der Waals surface area contributed by atoms with E-state index in [1.165, 1.54) is 0 Å². The summed E-state index contributed by atoms with van der Waals surface area (Å²) in [4.78, 5) is 8.94. The van der Waals surface area contributed by atoms with Gasteiger partial charge < -0.3 is 19.5 Å². The molecule has 0 aliphatic heterocycles. The molecule has 0 aliphatic rings. The molecule has 0 aliphatic carbocycles. The SMILES string of the molecule is COc1cc2nccc(Oc3ccc(Nc4nnc(-c5cc(C)ccn5)c5ccccc45)cc3)c2cc1OC. The summed E-state index contributed by atoms with van der Waals surface area (Å²) in [5.41, 5.74) is 4.27. The van der Waals surface area contributed by atoms with Gasteiger partial charge in [0.2, 0.25) is 0 Å². The first kappa shape index (κ1) is 24.1. The van der Waals surface area contributed by atoms with E-state index in [9.17, 15) is 0 Å². The van der Waals surface area contributed by atoms with Gasteiger partial charge in [-0.15, -0.1) is 10.2 Å². The molecule has 0 amide bonds. The highest BCUT2D eigenvalue weighted by molar-refractivity contribution is 6.00. The van der Waals surface area contributed by atoms with Crippen LogP contribution in [0.4, 0.5) is 11.5 Å². The van der Waals surface area contributed by atoms with Crippen LogP contribution in [0.1, 0.15) is 5.56 Å². The van der Waals surface area contributed by atoms with Crippen molar-refractivity contribution in [3.63, 3.8) is 0 Å². The normalized spacial score (nSPS) is 10.9. The van der Waals surface area contributed by atoms with Crippen LogP contribution in [0.2, 0.25) is 0 Å². The minimum Gasteiger partial charge on any atom is -0.493 e. The van der Waals surface area contributed by atoms with Gasteiger partial charge >= 0.3 is 0 Å². The second-order valence-corrected chi connectivity index (χ2v) is 8.95.